The van der Waals surface area contributed by atoms with Crippen LogP contribution in [0.5, 0.6) is 0 Å². The Morgan fingerprint density at radius 3 is 2.60 bits per heavy atom. The van der Waals surface area contributed by atoms with E-state index >= 15 is 0 Å². The van der Waals surface area contributed by atoms with Crippen LogP contribution >= 0.6 is 0 Å². The number of hydrogen-bond donors (Lipinski definition) is 3. The Kier molecular flexibility index (Phi) is 2.91. The molecule has 100 valence electrons. The second-order valence-electron chi connectivity index (χ2n) is 4.63. The first kappa shape index (κ1) is 12.3. The number of carbonyl (C=O) groups is 1. The van der Waals surface area contributed by atoms with E-state index < -0.39 is 0 Å². The smallest absolute Gasteiger partial charge is 0.258 e. The number of hydrogen-bond acceptors (Lipinski definition) is 3. The zero-order chi connectivity index (χ0) is 14.1. The quantitative estimate of drug-likeness (QED) is 0.576. The third-order valence-corrected chi connectivity index (χ3v) is 3.35. The fourth-order valence-corrected chi connectivity index (χ4v) is 2.45. The van der Waals surface area contributed by atoms with Gasteiger partial charge in [0.2, 0.25) is 0 Å². The van der Waals surface area contributed by atoms with Crippen molar-refractivity contribution in [1.82, 2.24) is 5.32 Å². The second kappa shape index (κ2) is 4.74. The Morgan fingerprint density at radius 2 is 1.90 bits per heavy atom. The molecule has 4 N–H and O–H groups in total. The van der Waals surface area contributed by atoms with Gasteiger partial charge in [-0.25, -0.2) is 0 Å². The van der Waals surface area contributed by atoms with Gasteiger partial charge in [0.05, 0.1) is 11.3 Å². The number of rotatable bonds is 2. The van der Waals surface area contributed by atoms with Crippen molar-refractivity contribution in [2.75, 3.05) is 18.1 Å². The molecule has 0 radical (unpaired) electrons. The topological polar surface area (TPSA) is 67.2 Å². The third kappa shape index (κ3) is 1.91. The van der Waals surface area contributed by atoms with E-state index in [1.54, 1.807) is 6.07 Å². The summed E-state index contributed by atoms with van der Waals surface area (Å²) in [5, 5.41) is 6.00. The molecule has 0 unspecified atom stereocenters. The molecular weight excluding hydrogens is 250 g/mol. The van der Waals surface area contributed by atoms with Crippen molar-refractivity contribution in [1.29, 1.82) is 0 Å². The van der Waals surface area contributed by atoms with Crippen LogP contribution in [0, 0.1) is 0 Å². The first-order chi connectivity index (χ1) is 9.70. The molecule has 1 aliphatic heterocycles. The van der Waals surface area contributed by atoms with Crippen LogP contribution in [0.2, 0.25) is 0 Å². The van der Waals surface area contributed by atoms with E-state index in [1.807, 2.05) is 49.5 Å². The molecule has 20 heavy (non-hydrogen) atoms. The molecule has 0 saturated heterocycles. The van der Waals surface area contributed by atoms with E-state index in [2.05, 4.69) is 10.6 Å². The zero-order valence-corrected chi connectivity index (χ0v) is 11.1. The minimum atomic E-state index is -0.112. The minimum Gasteiger partial charge on any atom is -0.399 e. The van der Waals surface area contributed by atoms with E-state index in [9.17, 15) is 4.79 Å². The summed E-state index contributed by atoms with van der Waals surface area (Å²) in [6.45, 7) is 0. The highest BCUT2D eigenvalue weighted by atomic mass is 16.2. The Morgan fingerprint density at radius 1 is 1.15 bits per heavy atom. The van der Waals surface area contributed by atoms with Gasteiger partial charge in [0.15, 0.2) is 0 Å². The molecule has 0 bridgehead atoms. The van der Waals surface area contributed by atoms with Crippen molar-refractivity contribution in [3.8, 4) is 0 Å². The number of nitrogens with two attached hydrogens (primary N) is 1. The number of fused-ring (bicyclic) bond motifs is 1. The van der Waals surface area contributed by atoms with Crippen molar-refractivity contribution in [3.05, 3.63) is 59.7 Å². The lowest BCUT2D eigenvalue weighted by Crippen LogP contribution is -2.13. The molecule has 0 atom stereocenters. The average Bonchev–Trinajstić information content (AvgIpc) is 2.77. The maximum atomic E-state index is 12.3. The number of amides is 1. The van der Waals surface area contributed by atoms with Crippen LogP contribution in [0.4, 0.5) is 11.4 Å². The van der Waals surface area contributed by atoms with Crippen molar-refractivity contribution in [2.24, 2.45) is 0 Å². The van der Waals surface area contributed by atoms with Gasteiger partial charge in [-0.05, 0) is 23.8 Å². The second-order valence-corrected chi connectivity index (χ2v) is 4.63. The highest BCUT2D eigenvalue weighted by Gasteiger charge is 2.27. The number of benzene rings is 2. The van der Waals surface area contributed by atoms with Gasteiger partial charge in [-0.3, -0.25) is 4.79 Å². The minimum absolute atomic E-state index is 0.112. The van der Waals surface area contributed by atoms with Crippen LogP contribution in [0.1, 0.15) is 11.1 Å². The lowest BCUT2D eigenvalue weighted by Gasteiger charge is -2.11. The van der Waals surface area contributed by atoms with Gasteiger partial charge in [-0.15, -0.1) is 0 Å². The van der Waals surface area contributed by atoms with Crippen LogP contribution in [0.15, 0.2) is 48.5 Å². The lowest BCUT2D eigenvalue weighted by molar-refractivity contribution is -0.110. The highest BCUT2D eigenvalue weighted by Crippen LogP contribution is 2.36. The predicted octanol–water partition coefficient (Wildman–Crippen LogP) is 2.31. The monoisotopic (exact) mass is 265 g/mol. The summed E-state index contributed by atoms with van der Waals surface area (Å²) < 4.78 is 0. The van der Waals surface area contributed by atoms with E-state index in [4.69, 9.17) is 5.73 Å². The molecule has 0 saturated carbocycles. The van der Waals surface area contributed by atoms with Gasteiger partial charge < -0.3 is 16.4 Å². The Bertz CT molecular complexity index is 705. The fourth-order valence-electron chi connectivity index (χ4n) is 2.45. The SMILES string of the molecule is CNC(=C1C(=O)Nc2ccc(N)cc21)c1ccccc1. The fraction of sp³-hybridized carbons (Fsp3) is 0.0625. The van der Waals surface area contributed by atoms with Gasteiger partial charge in [0, 0.05) is 24.0 Å². The molecule has 0 fully saturated rings. The number of anilines is 2. The van der Waals surface area contributed by atoms with E-state index in [-0.39, 0.29) is 5.91 Å². The summed E-state index contributed by atoms with van der Waals surface area (Å²) in [5.74, 6) is -0.112. The van der Waals surface area contributed by atoms with Crippen molar-refractivity contribution >= 4 is 28.6 Å². The molecule has 2 aromatic carbocycles. The standard InChI is InChI=1S/C16H15N3O/c1-18-15(10-5-3-2-4-6-10)14-12-9-11(17)7-8-13(12)19-16(14)20/h2-9,18H,17H2,1H3,(H,19,20). The van der Waals surface area contributed by atoms with E-state index in [0.717, 1.165) is 22.5 Å². The molecule has 2 aromatic rings. The van der Waals surface area contributed by atoms with Crippen LogP contribution < -0.4 is 16.4 Å². The summed E-state index contributed by atoms with van der Waals surface area (Å²) in [6, 6.07) is 15.2. The van der Waals surface area contributed by atoms with Crippen molar-refractivity contribution in [2.45, 2.75) is 0 Å². The van der Waals surface area contributed by atoms with Gasteiger partial charge in [-0.2, -0.15) is 0 Å². The van der Waals surface area contributed by atoms with E-state index in [0.29, 0.717) is 11.3 Å². The molecule has 1 aliphatic rings. The maximum absolute atomic E-state index is 12.3. The molecular formula is C16H15N3O. The summed E-state index contributed by atoms with van der Waals surface area (Å²) in [4.78, 5) is 12.3. The van der Waals surface area contributed by atoms with Gasteiger partial charge in [-0.1, -0.05) is 30.3 Å². The molecule has 1 amide bonds. The molecule has 0 aromatic heterocycles. The lowest BCUT2D eigenvalue weighted by atomic mass is 10.00. The highest BCUT2D eigenvalue weighted by molar-refractivity contribution is 6.36. The molecule has 4 heteroatoms. The van der Waals surface area contributed by atoms with Gasteiger partial charge >= 0.3 is 0 Å². The molecule has 0 aliphatic carbocycles. The zero-order valence-electron chi connectivity index (χ0n) is 11.1. The first-order valence-electron chi connectivity index (χ1n) is 6.39. The molecule has 1 heterocycles. The third-order valence-electron chi connectivity index (χ3n) is 3.35. The Balaban J connectivity index is 2.24. The average molecular weight is 265 g/mol. The van der Waals surface area contributed by atoms with Gasteiger partial charge in [0.1, 0.15) is 0 Å². The van der Waals surface area contributed by atoms with Crippen molar-refractivity contribution < 1.29 is 4.79 Å². The van der Waals surface area contributed by atoms with Crippen LogP contribution in [-0.2, 0) is 4.79 Å². The molecule has 0 spiro atoms. The Labute approximate surface area is 117 Å². The summed E-state index contributed by atoms with van der Waals surface area (Å²) >= 11 is 0. The van der Waals surface area contributed by atoms with Crippen LogP contribution in [-0.4, -0.2) is 13.0 Å². The summed E-state index contributed by atoms with van der Waals surface area (Å²) in [5.41, 5.74) is 10.5. The summed E-state index contributed by atoms with van der Waals surface area (Å²) in [7, 11) is 1.81. The maximum Gasteiger partial charge on any atom is 0.258 e. The van der Waals surface area contributed by atoms with Crippen molar-refractivity contribution in [3.63, 3.8) is 0 Å². The molecule has 4 nitrogen and oxygen atoms in total. The largest absolute Gasteiger partial charge is 0.399 e. The molecule has 3 rings (SSSR count). The number of carbonyl (C=O) groups excluding carboxylic acids is 1. The Hall–Kier alpha value is -2.75. The van der Waals surface area contributed by atoms with Crippen LogP contribution in [0.3, 0.4) is 0 Å². The van der Waals surface area contributed by atoms with Gasteiger partial charge in [0.25, 0.3) is 5.91 Å². The van der Waals surface area contributed by atoms with Crippen LogP contribution in [0.25, 0.3) is 11.3 Å². The predicted molar refractivity (Wildman–Crippen MR) is 81.8 cm³/mol. The number of nitrogen functional groups attached to an aromatic ring is 1. The number of nitrogens with one attached hydrogen (secondary N) is 2. The van der Waals surface area contributed by atoms with E-state index in [1.165, 1.54) is 0 Å². The summed E-state index contributed by atoms with van der Waals surface area (Å²) in [6.07, 6.45) is 0. The first-order valence-corrected chi connectivity index (χ1v) is 6.39. The normalized spacial score (nSPS) is 15.6.